The molecule has 0 aliphatic rings. The molecule has 1 atom stereocenters. The van der Waals surface area contributed by atoms with Gasteiger partial charge in [-0.05, 0) is 30.0 Å². The Balaban J connectivity index is 2.06. The minimum atomic E-state index is -0.342. The number of nitrogens with one attached hydrogen (secondary N) is 1. The molecule has 2 aromatic rings. The van der Waals surface area contributed by atoms with E-state index in [4.69, 9.17) is 5.73 Å². The van der Waals surface area contributed by atoms with Gasteiger partial charge in [0.05, 0.1) is 16.3 Å². The summed E-state index contributed by atoms with van der Waals surface area (Å²) >= 11 is 1.66. The molecule has 0 aliphatic heterocycles. The van der Waals surface area contributed by atoms with Gasteiger partial charge in [0.25, 0.3) is 0 Å². The number of rotatable bonds is 4. The van der Waals surface area contributed by atoms with Crippen LogP contribution in [-0.2, 0) is 11.3 Å². The molecule has 2 aromatic heterocycles. The number of amides is 1. The maximum absolute atomic E-state index is 10.8. The minimum Gasteiger partial charge on any atom is -0.368 e. The molecule has 0 saturated heterocycles. The standard InChI is InChI=1S/C11H13N3OS/c1-7(11(12)15)13-5-8-4-10-9(14-6-8)2-3-16-10/h2-4,6-7,13H,5H2,1H3,(H2,12,15). The fourth-order valence-electron chi connectivity index (χ4n) is 1.36. The van der Waals surface area contributed by atoms with Crippen LogP contribution < -0.4 is 11.1 Å². The van der Waals surface area contributed by atoms with Crippen molar-refractivity contribution in [2.45, 2.75) is 19.5 Å². The molecule has 2 heterocycles. The summed E-state index contributed by atoms with van der Waals surface area (Å²) in [5, 5.41) is 5.06. The average molecular weight is 235 g/mol. The van der Waals surface area contributed by atoms with E-state index in [1.165, 1.54) is 0 Å². The van der Waals surface area contributed by atoms with Crippen molar-refractivity contribution in [1.29, 1.82) is 0 Å². The lowest BCUT2D eigenvalue weighted by atomic mass is 10.2. The lowest BCUT2D eigenvalue weighted by molar-refractivity contribution is -0.119. The zero-order valence-corrected chi connectivity index (χ0v) is 9.75. The number of nitrogens with zero attached hydrogens (tertiary/aromatic N) is 1. The Labute approximate surface area is 97.5 Å². The third-order valence-corrected chi connectivity index (χ3v) is 3.25. The smallest absolute Gasteiger partial charge is 0.234 e. The monoisotopic (exact) mass is 235 g/mol. The lowest BCUT2D eigenvalue weighted by Gasteiger charge is -2.09. The van der Waals surface area contributed by atoms with Crippen molar-refractivity contribution >= 4 is 27.5 Å². The second kappa shape index (κ2) is 4.59. The molecule has 84 valence electrons. The molecule has 0 spiro atoms. The predicted molar refractivity (Wildman–Crippen MR) is 65.1 cm³/mol. The Morgan fingerprint density at radius 1 is 1.69 bits per heavy atom. The highest BCUT2D eigenvalue weighted by molar-refractivity contribution is 7.17. The van der Waals surface area contributed by atoms with E-state index in [2.05, 4.69) is 16.4 Å². The molecule has 2 rings (SSSR count). The molecule has 0 fully saturated rings. The molecule has 16 heavy (non-hydrogen) atoms. The van der Waals surface area contributed by atoms with Crippen molar-refractivity contribution in [3.8, 4) is 0 Å². The molecule has 1 unspecified atom stereocenters. The summed E-state index contributed by atoms with van der Waals surface area (Å²) in [6, 6.07) is 3.75. The maximum Gasteiger partial charge on any atom is 0.234 e. The SMILES string of the molecule is CC(NCc1cnc2ccsc2c1)C(N)=O. The van der Waals surface area contributed by atoms with Gasteiger partial charge < -0.3 is 11.1 Å². The number of fused-ring (bicyclic) bond motifs is 1. The van der Waals surface area contributed by atoms with Crippen LogP contribution in [0.1, 0.15) is 12.5 Å². The second-order valence-corrected chi connectivity index (χ2v) is 4.60. The highest BCUT2D eigenvalue weighted by Crippen LogP contribution is 2.19. The Bertz CT molecular complexity index is 509. The van der Waals surface area contributed by atoms with Crippen molar-refractivity contribution in [3.05, 3.63) is 29.3 Å². The Morgan fingerprint density at radius 2 is 2.50 bits per heavy atom. The molecule has 0 aliphatic carbocycles. The summed E-state index contributed by atoms with van der Waals surface area (Å²) in [7, 11) is 0. The second-order valence-electron chi connectivity index (χ2n) is 3.65. The van der Waals surface area contributed by atoms with E-state index in [1.54, 1.807) is 18.3 Å². The quantitative estimate of drug-likeness (QED) is 0.838. The predicted octanol–water partition coefficient (Wildman–Crippen LogP) is 1.26. The number of carbonyl (C=O) groups is 1. The van der Waals surface area contributed by atoms with Crippen molar-refractivity contribution in [2.75, 3.05) is 0 Å². The number of nitrogens with two attached hydrogens (primary N) is 1. The summed E-state index contributed by atoms with van der Waals surface area (Å²) in [5.41, 5.74) is 7.23. The van der Waals surface area contributed by atoms with Gasteiger partial charge in [-0.1, -0.05) is 0 Å². The largest absolute Gasteiger partial charge is 0.368 e. The third-order valence-electron chi connectivity index (χ3n) is 2.40. The van der Waals surface area contributed by atoms with Gasteiger partial charge in [0.1, 0.15) is 0 Å². The molecule has 5 heteroatoms. The van der Waals surface area contributed by atoms with Gasteiger partial charge >= 0.3 is 0 Å². The van der Waals surface area contributed by atoms with E-state index < -0.39 is 0 Å². The molecule has 0 radical (unpaired) electrons. The molecule has 0 aromatic carbocycles. The number of thiophene rings is 1. The first-order chi connectivity index (χ1) is 7.66. The number of primary amides is 1. The van der Waals surface area contributed by atoms with Gasteiger partial charge in [0.2, 0.25) is 5.91 Å². The Kier molecular flexibility index (Phi) is 3.17. The number of aromatic nitrogens is 1. The van der Waals surface area contributed by atoms with E-state index in [0.717, 1.165) is 15.8 Å². The van der Waals surface area contributed by atoms with Crippen LogP contribution in [-0.4, -0.2) is 16.9 Å². The fraction of sp³-hybridized carbons (Fsp3) is 0.273. The Hall–Kier alpha value is -1.46. The van der Waals surface area contributed by atoms with Gasteiger partial charge in [-0.25, -0.2) is 0 Å². The summed E-state index contributed by atoms with van der Waals surface area (Å²) in [5.74, 6) is -0.342. The van der Waals surface area contributed by atoms with Crippen LogP contribution in [0.4, 0.5) is 0 Å². The van der Waals surface area contributed by atoms with E-state index >= 15 is 0 Å². The summed E-state index contributed by atoms with van der Waals surface area (Å²) in [6.45, 7) is 2.35. The van der Waals surface area contributed by atoms with Crippen LogP contribution in [0, 0.1) is 0 Å². The average Bonchev–Trinajstić information content (AvgIpc) is 2.72. The van der Waals surface area contributed by atoms with Gasteiger partial charge in [-0.15, -0.1) is 11.3 Å². The van der Waals surface area contributed by atoms with Crippen molar-refractivity contribution in [3.63, 3.8) is 0 Å². The van der Waals surface area contributed by atoms with Gasteiger partial charge in [-0.3, -0.25) is 9.78 Å². The normalized spacial score (nSPS) is 12.8. The summed E-state index contributed by atoms with van der Waals surface area (Å²) in [4.78, 5) is 15.2. The van der Waals surface area contributed by atoms with Crippen LogP contribution in [0.2, 0.25) is 0 Å². The van der Waals surface area contributed by atoms with Gasteiger partial charge in [0.15, 0.2) is 0 Å². The van der Waals surface area contributed by atoms with Gasteiger partial charge in [0, 0.05) is 12.7 Å². The molecule has 1 amide bonds. The molecule has 0 bridgehead atoms. The minimum absolute atomic E-state index is 0.320. The van der Waals surface area contributed by atoms with Crippen molar-refractivity contribution < 1.29 is 4.79 Å². The first-order valence-corrected chi connectivity index (χ1v) is 5.89. The molecule has 0 saturated carbocycles. The fourth-order valence-corrected chi connectivity index (χ4v) is 2.16. The van der Waals surface area contributed by atoms with E-state index in [1.807, 2.05) is 17.6 Å². The van der Waals surface area contributed by atoms with Crippen LogP contribution in [0.15, 0.2) is 23.7 Å². The lowest BCUT2D eigenvalue weighted by Crippen LogP contribution is -2.38. The molecule has 4 nitrogen and oxygen atoms in total. The van der Waals surface area contributed by atoms with Crippen LogP contribution in [0.25, 0.3) is 10.2 Å². The van der Waals surface area contributed by atoms with E-state index in [9.17, 15) is 4.79 Å². The summed E-state index contributed by atoms with van der Waals surface area (Å²) < 4.78 is 1.16. The third kappa shape index (κ3) is 2.37. The molecular weight excluding hydrogens is 222 g/mol. The van der Waals surface area contributed by atoms with Crippen LogP contribution >= 0.6 is 11.3 Å². The first kappa shape index (κ1) is 11.0. The topological polar surface area (TPSA) is 68.0 Å². The van der Waals surface area contributed by atoms with E-state index in [-0.39, 0.29) is 11.9 Å². The van der Waals surface area contributed by atoms with Crippen molar-refractivity contribution in [2.24, 2.45) is 5.73 Å². The summed E-state index contributed by atoms with van der Waals surface area (Å²) in [6.07, 6.45) is 1.82. The zero-order valence-electron chi connectivity index (χ0n) is 8.93. The van der Waals surface area contributed by atoms with Crippen LogP contribution in [0.5, 0.6) is 0 Å². The first-order valence-electron chi connectivity index (χ1n) is 5.01. The van der Waals surface area contributed by atoms with Crippen molar-refractivity contribution in [1.82, 2.24) is 10.3 Å². The van der Waals surface area contributed by atoms with E-state index in [0.29, 0.717) is 6.54 Å². The highest BCUT2D eigenvalue weighted by Gasteiger charge is 2.07. The molecular formula is C11H13N3OS. The number of pyridine rings is 1. The zero-order chi connectivity index (χ0) is 11.5. The molecule has 3 N–H and O–H groups in total. The highest BCUT2D eigenvalue weighted by atomic mass is 32.1. The number of hydrogen-bond acceptors (Lipinski definition) is 4. The van der Waals surface area contributed by atoms with Crippen LogP contribution in [0.3, 0.4) is 0 Å². The van der Waals surface area contributed by atoms with Gasteiger partial charge in [-0.2, -0.15) is 0 Å². The maximum atomic E-state index is 10.8. The number of carbonyl (C=O) groups excluding carboxylic acids is 1. The number of hydrogen-bond donors (Lipinski definition) is 2. The Morgan fingerprint density at radius 3 is 3.25 bits per heavy atom.